The van der Waals surface area contributed by atoms with Crippen LogP contribution in [-0.4, -0.2) is 24.1 Å². The Hall–Kier alpha value is -3.05. The maximum Gasteiger partial charge on any atom is 0.226 e. The molecular weight excluding hydrogens is 379 g/mol. The molecule has 1 N–H and O–H groups in total. The summed E-state index contributed by atoms with van der Waals surface area (Å²) in [5, 5.41) is 3.05. The normalized spacial score (nSPS) is 15.5. The van der Waals surface area contributed by atoms with Gasteiger partial charge in [-0.25, -0.2) is 4.39 Å². The van der Waals surface area contributed by atoms with E-state index in [1.807, 2.05) is 30.3 Å². The van der Waals surface area contributed by atoms with Crippen LogP contribution in [0, 0.1) is 11.2 Å². The maximum absolute atomic E-state index is 13.5. The van der Waals surface area contributed by atoms with Crippen LogP contribution < -0.4 is 5.32 Å². The lowest BCUT2D eigenvalue weighted by Crippen LogP contribution is -2.46. The highest BCUT2D eigenvalue weighted by molar-refractivity contribution is 5.83. The van der Waals surface area contributed by atoms with E-state index in [4.69, 9.17) is 4.74 Å². The number of nitrogens with zero attached hydrogens (tertiary/aromatic N) is 1. The van der Waals surface area contributed by atoms with Crippen molar-refractivity contribution in [3.8, 4) is 11.1 Å². The van der Waals surface area contributed by atoms with E-state index >= 15 is 0 Å². The van der Waals surface area contributed by atoms with Crippen LogP contribution in [0.15, 0.2) is 73.1 Å². The van der Waals surface area contributed by atoms with Crippen LogP contribution in [0.1, 0.15) is 24.0 Å². The fourth-order valence-electron chi connectivity index (χ4n) is 4.12. The molecular formula is C25H25FN2O2. The van der Waals surface area contributed by atoms with Gasteiger partial charge in [-0.15, -0.1) is 0 Å². The Bertz CT molecular complexity index is 1000. The maximum atomic E-state index is 13.5. The molecule has 4 nitrogen and oxygen atoms in total. The standard InChI is InChI=1S/C25H25FN2O2/c26-22-6-3-4-19(16-22)18-28-24(29)25(10-14-30-15-11-25)17-21-5-1-2-7-23(21)20-8-12-27-13-9-20/h1-9,12-13,16H,10-11,14-15,17-18H2,(H,28,29). The fourth-order valence-corrected chi connectivity index (χ4v) is 4.12. The zero-order chi connectivity index (χ0) is 20.8. The lowest BCUT2D eigenvalue weighted by atomic mass is 9.73. The van der Waals surface area contributed by atoms with Gasteiger partial charge in [-0.2, -0.15) is 0 Å². The number of benzene rings is 2. The highest BCUT2D eigenvalue weighted by atomic mass is 19.1. The first-order chi connectivity index (χ1) is 14.7. The molecule has 0 spiro atoms. The van der Waals surface area contributed by atoms with Crippen LogP contribution in [-0.2, 0) is 22.5 Å². The zero-order valence-corrected chi connectivity index (χ0v) is 16.8. The molecule has 4 rings (SSSR count). The van der Waals surface area contributed by atoms with Gasteiger partial charge in [0, 0.05) is 32.2 Å². The summed E-state index contributed by atoms with van der Waals surface area (Å²) in [4.78, 5) is 17.5. The van der Waals surface area contributed by atoms with Crippen LogP contribution in [0.25, 0.3) is 11.1 Å². The van der Waals surface area contributed by atoms with Gasteiger partial charge in [-0.05, 0) is 65.8 Å². The summed E-state index contributed by atoms with van der Waals surface area (Å²) in [5.74, 6) is -0.298. The SMILES string of the molecule is O=C(NCc1cccc(F)c1)C1(Cc2ccccc2-c2ccncc2)CCOCC1. The molecule has 0 atom stereocenters. The van der Waals surface area contributed by atoms with E-state index in [1.54, 1.807) is 18.5 Å². The van der Waals surface area contributed by atoms with Crippen LogP contribution in [0.5, 0.6) is 0 Å². The van der Waals surface area contributed by atoms with E-state index in [0.717, 1.165) is 22.3 Å². The topological polar surface area (TPSA) is 51.2 Å². The summed E-state index contributed by atoms with van der Waals surface area (Å²) >= 11 is 0. The molecule has 5 heteroatoms. The molecule has 1 fully saturated rings. The number of nitrogens with one attached hydrogen (secondary N) is 1. The van der Waals surface area contributed by atoms with E-state index in [1.165, 1.54) is 12.1 Å². The smallest absolute Gasteiger partial charge is 0.226 e. The van der Waals surface area contributed by atoms with Crippen LogP contribution in [0.4, 0.5) is 4.39 Å². The second-order valence-electron chi connectivity index (χ2n) is 7.78. The van der Waals surface area contributed by atoms with E-state index in [9.17, 15) is 9.18 Å². The third-order valence-electron chi connectivity index (χ3n) is 5.81. The molecule has 1 aromatic heterocycles. The monoisotopic (exact) mass is 404 g/mol. The van der Waals surface area contributed by atoms with Gasteiger partial charge in [-0.1, -0.05) is 36.4 Å². The van der Waals surface area contributed by atoms with Gasteiger partial charge in [0.15, 0.2) is 0 Å². The van der Waals surface area contributed by atoms with Crippen molar-refractivity contribution in [1.82, 2.24) is 10.3 Å². The molecule has 0 aliphatic carbocycles. The summed E-state index contributed by atoms with van der Waals surface area (Å²) < 4.78 is 19.0. The molecule has 0 saturated carbocycles. The van der Waals surface area contributed by atoms with E-state index in [2.05, 4.69) is 22.4 Å². The second kappa shape index (κ2) is 9.18. The van der Waals surface area contributed by atoms with E-state index in [-0.39, 0.29) is 11.7 Å². The Kier molecular flexibility index (Phi) is 6.19. The Morgan fingerprint density at radius 3 is 2.57 bits per heavy atom. The first-order valence-corrected chi connectivity index (χ1v) is 10.3. The third-order valence-corrected chi connectivity index (χ3v) is 5.81. The third kappa shape index (κ3) is 4.57. The summed E-state index contributed by atoms with van der Waals surface area (Å²) in [5.41, 5.74) is 3.54. The molecule has 1 aliphatic rings. The highest BCUT2D eigenvalue weighted by Crippen LogP contribution is 2.37. The summed E-state index contributed by atoms with van der Waals surface area (Å²) in [6.45, 7) is 1.43. The van der Waals surface area contributed by atoms with Crippen molar-refractivity contribution in [1.29, 1.82) is 0 Å². The number of carbonyl (C=O) groups is 1. The van der Waals surface area contributed by atoms with Crippen molar-refractivity contribution in [3.05, 3.63) is 90.0 Å². The van der Waals surface area contributed by atoms with Crippen LogP contribution in [0.3, 0.4) is 0 Å². The number of ether oxygens (including phenoxy) is 1. The molecule has 0 bridgehead atoms. The van der Waals surface area contributed by atoms with E-state index in [0.29, 0.717) is 39.0 Å². The summed E-state index contributed by atoms with van der Waals surface area (Å²) in [7, 11) is 0. The van der Waals surface area contributed by atoms with Gasteiger partial charge in [0.05, 0.1) is 5.41 Å². The predicted molar refractivity (Wildman–Crippen MR) is 114 cm³/mol. The molecule has 2 aromatic carbocycles. The highest BCUT2D eigenvalue weighted by Gasteiger charge is 2.40. The minimum absolute atomic E-state index is 0.000377. The molecule has 1 saturated heterocycles. The van der Waals surface area contributed by atoms with Gasteiger partial charge in [-0.3, -0.25) is 9.78 Å². The molecule has 3 aromatic rings. The molecule has 30 heavy (non-hydrogen) atoms. The number of pyridine rings is 1. The Labute approximate surface area is 176 Å². The van der Waals surface area contributed by atoms with Crippen molar-refractivity contribution < 1.29 is 13.9 Å². The van der Waals surface area contributed by atoms with Crippen molar-refractivity contribution >= 4 is 5.91 Å². The zero-order valence-electron chi connectivity index (χ0n) is 16.8. The summed E-state index contributed by atoms with van der Waals surface area (Å²) in [6, 6.07) is 18.5. The van der Waals surface area contributed by atoms with E-state index < -0.39 is 5.41 Å². The number of halogens is 1. The fraction of sp³-hybridized carbons (Fsp3) is 0.280. The van der Waals surface area contributed by atoms with Crippen LogP contribution >= 0.6 is 0 Å². The quantitative estimate of drug-likeness (QED) is 0.656. The first kappa shape index (κ1) is 20.2. The molecule has 0 unspecified atom stereocenters. The molecule has 1 aliphatic heterocycles. The Morgan fingerprint density at radius 1 is 1.03 bits per heavy atom. The first-order valence-electron chi connectivity index (χ1n) is 10.3. The molecule has 1 amide bonds. The summed E-state index contributed by atoms with van der Waals surface area (Å²) in [6.07, 6.45) is 5.51. The largest absolute Gasteiger partial charge is 0.381 e. The van der Waals surface area contributed by atoms with Gasteiger partial charge in [0.25, 0.3) is 0 Å². The number of rotatable bonds is 6. The van der Waals surface area contributed by atoms with Gasteiger partial charge in [0.2, 0.25) is 5.91 Å². The second-order valence-corrected chi connectivity index (χ2v) is 7.78. The molecule has 2 heterocycles. The average molecular weight is 404 g/mol. The lowest BCUT2D eigenvalue weighted by molar-refractivity contribution is -0.136. The Morgan fingerprint density at radius 2 is 1.80 bits per heavy atom. The minimum atomic E-state index is -0.547. The van der Waals surface area contributed by atoms with Crippen molar-refractivity contribution in [2.24, 2.45) is 5.41 Å². The van der Waals surface area contributed by atoms with Gasteiger partial charge >= 0.3 is 0 Å². The molecule has 0 radical (unpaired) electrons. The van der Waals surface area contributed by atoms with Gasteiger partial charge < -0.3 is 10.1 Å². The lowest BCUT2D eigenvalue weighted by Gasteiger charge is -2.36. The van der Waals surface area contributed by atoms with Gasteiger partial charge in [0.1, 0.15) is 5.82 Å². The van der Waals surface area contributed by atoms with Crippen molar-refractivity contribution in [2.45, 2.75) is 25.8 Å². The van der Waals surface area contributed by atoms with Crippen molar-refractivity contribution in [3.63, 3.8) is 0 Å². The Balaban J connectivity index is 1.58. The number of hydrogen-bond acceptors (Lipinski definition) is 3. The van der Waals surface area contributed by atoms with Crippen LogP contribution in [0.2, 0.25) is 0 Å². The number of hydrogen-bond donors (Lipinski definition) is 1. The number of aromatic nitrogens is 1. The predicted octanol–water partition coefficient (Wildman–Crippen LogP) is 4.54. The minimum Gasteiger partial charge on any atom is -0.381 e. The average Bonchev–Trinajstić information content (AvgIpc) is 2.79. The number of amides is 1. The molecule has 154 valence electrons. The number of carbonyl (C=O) groups excluding carboxylic acids is 1. The van der Waals surface area contributed by atoms with Crippen molar-refractivity contribution in [2.75, 3.05) is 13.2 Å².